The van der Waals surface area contributed by atoms with Crippen LogP contribution in [-0.4, -0.2) is 30.4 Å². The minimum atomic E-state index is -0.554. The molecule has 106 valence electrons. The second kappa shape index (κ2) is 5.08. The molecule has 1 saturated heterocycles. The van der Waals surface area contributed by atoms with Gasteiger partial charge in [-0.15, -0.1) is 0 Å². The second-order valence-corrected chi connectivity index (χ2v) is 5.84. The quantitative estimate of drug-likeness (QED) is 0.781. The molecule has 2 heterocycles. The van der Waals surface area contributed by atoms with Crippen LogP contribution in [0.4, 0.5) is 0 Å². The van der Waals surface area contributed by atoms with E-state index in [1.165, 1.54) is 0 Å². The molecule has 0 atom stereocenters. The fraction of sp³-hybridized carbons (Fsp3) is 0.571. The molecule has 20 heavy (non-hydrogen) atoms. The third kappa shape index (κ3) is 2.39. The van der Waals surface area contributed by atoms with Crippen molar-refractivity contribution in [3.63, 3.8) is 0 Å². The van der Waals surface area contributed by atoms with Gasteiger partial charge in [0.2, 0.25) is 0 Å². The molecule has 0 aliphatic carbocycles. The average Bonchev–Trinajstić information content (AvgIpc) is 2.58. The van der Waals surface area contributed by atoms with Gasteiger partial charge in [-0.2, -0.15) is 5.26 Å². The van der Waals surface area contributed by atoms with E-state index in [4.69, 9.17) is 19.3 Å². The van der Waals surface area contributed by atoms with Crippen molar-refractivity contribution in [2.45, 2.75) is 45.3 Å². The van der Waals surface area contributed by atoms with Gasteiger partial charge in [0.1, 0.15) is 5.75 Å². The molecule has 0 unspecified atom stereocenters. The molecule has 0 radical (unpaired) electrons. The Kier molecular flexibility index (Phi) is 3.76. The van der Waals surface area contributed by atoms with Crippen LogP contribution in [-0.2, 0) is 15.7 Å². The van der Waals surface area contributed by atoms with E-state index in [1.807, 2.05) is 27.7 Å². The Morgan fingerprint density at radius 1 is 1.25 bits per heavy atom. The minimum Gasteiger partial charge on any atom is -0.495 e. The van der Waals surface area contributed by atoms with Crippen LogP contribution in [0.5, 0.6) is 5.75 Å². The summed E-state index contributed by atoms with van der Waals surface area (Å²) < 4.78 is 17.4. The largest absolute Gasteiger partial charge is 0.499 e. The predicted molar refractivity (Wildman–Crippen MR) is 75.8 cm³/mol. The lowest BCUT2D eigenvalue weighted by Crippen LogP contribution is -2.41. The number of ether oxygens (including phenoxy) is 1. The lowest BCUT2D eigenvalue weighted by molar-refractivity contribution is 0.00578. The Balaban J connectivity index is 2.46. The number of pyridine rings is 1. The molecular weight excluding hydrogens is 255 g/mol. The number of nitriles is 1. The van der Waals surface area contributed by atoms with E-state index in [1.54, 1.807) is 19.5 Å². The highest BCUT2D eigenvalue weighted by Gasteiger charge is 2.53. The number of hydrogen-bond donors (Lipinski definition) is 0. The fourth-order valence-electron chi connectivity index (χ4n) is 2.11. The Hall–Kier alpha value is -1.58. The van der Waals surface area contributed by atoms with Gasteiger partial charge in [-0.05, 0) is 33.3 Å². The summed E-state index contributed by atoms with van der Waals surface area (Å²) in [7, 11) is 1.02. The van der Waals surface area contributed by atoms with Crippen molar-refractivity contribution in [3.05, 3.63) is 18.0 Å². The zero-order valence-electron chi connectivity index (χ0n) is 12.6. The molecule has 1 fully saturated rings. The molecule has 6 heteroatoms. The molecule has 0 spiro atoms. The van der Waals surface area contributed by atoms with Gasteiger partial charge >= 0.3 is 7.12 Å². The molecule has 0 saturated carbocycles. The minimum absolute atomic E-state index is 0.240. The molecule has 1 aliphatic rings. The maximum atomic E-state index is 8.96. The van der Waals surface area contributed by atoms with Crippen LogP contribution in [0.3, 0.4) is 0 Å². The Bertz CT molecular complexity index is 536. The van der Waals surface area contributed by atoms with Gasteiger partial charge in [0, 0.05) is 11.7 Å². The predicted octanol–water partition coefficient (Wildman–Crippen LogP) is 1.46. The third-order valence-electron chi connectivity index (χ3n) is 4.01. The van der Waals surface area contributed by atoms with Crippen LogP contribution in [0.1, 0.15) is 33.3 Å². The molecule has 0 aromatic carbocycles. The summed E-state index contributed by atoms with van der Waals surface area (Å²) in [6, 6.07) is 2.13. The van der Waals surface area contributed by atoms with E-state index in [2.05, 4.69) is 11.1 Å². The monoisotopic (exact) mass is 274 g/mol. The lowest BCUT2D eigenvalue weighted by atomic mass is 9.75. The standard InChI is InChI=1S/C14H19BN2O3/c1-13(2)14(3,4)20-15(19-13)12-10(6-7-16)8-17-9-11(12)18-5/h8-9H,6H2,1-5H3. The zero-order valence-corrected chi connectivity index (χ0v) is 12.6. The summed E-state index contributed by atoms with van der Waals surface area (Å²) >= 11 is 0. The van der Waals surface area contributed by atoms with Crippen LogP contribution >= 0.6 is 0 Å². The maximum absolute atomic E-state index is 8.96. The van der Waals surface area contributed by atoms with E-state index >= 15 is 0 Å². The number of aromatic nitrogens is 1. The van der Waals surface area contributed by atoms with Gasteiger partial charge in [0.15, 0.2) is 0 Å². The summed E-state index contributed by atoms with van der Waals surface area (Å²) in [6.07, 6.45) is 3.51. The topological polar surface area (TPSA) is 64.4 Å². The molecule has 1 aromatic heterocycles. The zero-order chi connectivity index (χ0) is 15.0. The summed E-state index contributed by atoms with van der Waals surface area (Å²) in [5, 5.41) is 8.96. The highest BCUT2D eigenvalue weighted by Crippen LogP contribution is 2.37. The van der Waals surface area contributed by atoms with E-state index in [-0.39, 0.29) is 6.42 Å². The third-order valence-corrected chi connectivity index (χ3v) is 4.01. The molecule has 1 aliphatic heterocycles. The first-order chi connectivity index (χ1) is 9.32. The summed E-state index contributed by atoms with van der Waals surface area (Å²) in [5.74, 6) is 0.580. The molecule has 0 amide bonds. The van der Waals surface area contributed by atoms with Crippen LogP contribution in [0, 0.1) is 11.3 Å². The van der Waals surface area contributed by atoms with Crippen LogP contribution in [0.2, 0.25) is 0 Å². The normalized spacial score (nSPS) is 19.7. The van der Waals surface area contributed by atoms with Gasteiger partial charge in [-0.1, -0.05) is 0 Å². The molecule has 5 nitrogen and oxygen atoms in total. The molecule has 1 aromatic rings. The molecule has 0 bridgehead atoms. The Morgan fingerprint density at radius 3 is 2.35 bits per heavy atom. The number of hydrogen-bond acceptors (Lipinski definition) is 5. The molecule has 2 rings (SSSR count). The van der Waals surface area contributed by atoms with Crippen molar-refractivity contribution in [2.24, 2.45) is 0 Å². The number of rotatable bonds is 3. The van der Waals surface area contributed by atoms with Crippen molar-refractivity contribution >= 4 is 12.6 Å². The highest BCUT2D eigenvalue weighted by molar-refractivity contribution is 6.63. The van der Waals surface area contributed by atoms with Crippen molar-refractivity contribution in [2.75, 3.05) is 7.11 Å². The van der Waals surface area contributed by atoms with Crippen molar-refractivity contribution in [1.82, 2.24) is 4.98 Å². The van der Waals surface area contributed by atoms with Crippen molar-refractivity contribution in [1.29, 1.82) is 5.26 Å². The first-order valence-electron chi connectivity index (χ1n) is 6.56. The summed E-state index contributed by atoms with van der Waals surface area (Å²) in [5.41, 5.74) is 0.652. The first-order valence-corrected chi connectivity index (χ1v) is 6.56. The van der Waals surface area contributed by atoms with Crippen LogP contribution in [0.25, 0.3) is 0 Å². The highest BCUT2D eigenvalue weighted by atomic mass is 16.7. The molecular formula is C14H19BN2O3. The Labute approximate surface area is 120 Å². The van der Waals surface area contributed by atoms with E-state index in [0.717, 1.165) is 11.0 Å². The van der Waals surface area contributed by atoms with E-state index < -0.39 is 18.3 Å². The van der Waals surface area contributed by atoms with Gasteiger partial charge < -0.3 is 14.0 Å². The smallest absolute Gasteiger partial charge is 0.495 e. The van der Waals surface area contributed by atoms with E-state index in [9.17, 15) is 0 Å². The van der Waals surface area contributed by atoms with Crippen molar-refractivity contribution < 1.29 is 14.0 Å². The second-order valence-electron chi connectivity index (χ2n) is 5.84. The van der Waals surface area contributed by atoms with Crippen LogP contribution < -0.4 is 10.2 Å². The maximum Gasteiger partial charge on any atom is 0.499 e. The van der Waals surface area contributed by atoms with Gasteiger partial charge in [-0.25, -0.2) is 0 Å². The van der Waals surface area contributed by atoms with Gasteiger partial charge in [0.05, 0.1) is 37.0 Å². The first kappa shape index (κ1) is 14.8. The fourth-order valence-corrected chi connectivity index (χ4v) is 2.11. The SMILES string of the molecule is COc1cncc(CC#N)c1B1OC(C)(C)C(C)(C)O1. The lowest BCUT2D eigenvalue weighted by Gasteiger charge is -2.32. The van der Waals surface area contributed by atoms with Gasteiger partial charge in [-0.3, -0.25) is 4.98 Å². The average molecular weight is 274 g/mol. The van der Waals surface area contributed by atoms with Crippen LogP contribution in [0.15, 0.2) is 12.4 Å². The van der Waals surface area contributed by atoms with Gasteiger partial charge in [0.25, 0.3) is 0 Å². The number of methoxy groups -OCH3 is 1. The van der Waals surface area contributed by atoms with E-state index in [0.29, 0.717) is 5.75 Å². The summed E-state index contributed by atoms with van der Waals surface area (Å²) in [6.45, 7) is 7.96. The summed E-state index contributed by atoms with van der Waals surface area (Å²) in [4.78, 5) is 4.09. The Morgan fingerprint density at radius 2 is 1.85 bits per heavy atom. The number of nitrogens with zero attached hydrogens (tertiary/aromatic N) is 2. The molecule has 0 N–H and O–H groups in total. The van der Waals surface area contributed by atoms with Crippen molar-refractivity contribution in [3.8, 4) is 11.8 Å².